The SMILES string of the molecule is CC1C(C(=O)O)CCN1CC(=O)NC1CCCCC1. The lowest BCUT2D eigenvalue weighted by molar-refractivity contribution is -0.142. The standard InChI is InChI=1S/C14H24N2O3/c1-10-12(14(18)19)7-8-16(10)9-13(17)15-11-5-3-2-4-6-11/h10-12H,2-9H2,1H3,(H,15,17)(H,18,19). The first-order valence-electron chi connectivity index (χ1n) is 7.34. The van der Waals surface area contributed by atoms with Crippen LogP contribution in [0.4, 0.5) is 0 Å². The number of likely N-dealkylation sites (tertiary alicyclic amines) is 1. The Morgan fingerprint density at radius 1 is 1.21 bits per heavy atom. The summed E-state index contributed by atoms with van der Waals surface area (Å²) in [6, 6.07) is 0.282. The van der Waals surface area contributed by atoms with E-state index in [9.17, 15) is 9.59 Å². The summed E-state index contributed by atoms with van der Waals surface area (Å²) in [7, 11) is 0. The van der Waals surface area contributed by atoms with Crippen LogP contribution >= 0.6 is 0 Å². The van der Waals surface area contributed by atoms with Crippen LogP contribution in [0, 0.1) is 5.92 Å². The van der Waals surface area contributed by atoms with Crippen molar-refractivity contribution in [3.63, 3.8) is 0 Å². The topological polar surface area (TPSA) is 69.6 Å². The predicted octanol–water partition coefficient (Wildman–Crippen LogP) is 1.23. The number of carbonyl (C=O) groups is 2. The van der Waals surface area contributed by atoms with Gasteiger partial charge in [-0.05, 0) is 32.7 Å². The zero-order valence-corrected chi connectivity index (χ0v) is 11.6. The van der Waals surface area contributed by atoms with E-state index >= 15 is 0 Å². The lowest BCUT2D eigenvalue weighted by Crippen LogP contribution is -2.44. The summed E-state index contributed by atoms with van der Waals surface area (Å²) in [5, 5.41) is 12.2. The number of carbonyl (C=O) groups excluding carboxylic acids is 1. The lowest BCUT2D eigenvalue weighted by Gasteiger charge is -2.26. The number of amides is 1. The molecule has 0 radical (unpaired) electrons. The molecule has 108 valence electrons. The van der Waals surface area contributed by atoms with Crippen molar-refractivity contribution in [3.8, 4) is 0 Å². The number of carboxylic acid groups (broad SMARTS) is 1. The Bertz CT molecular complexity index is 340. The Balaban J connectivity index is 1.77. The van der Waals surface area contributed by atoms with Crippen molar-refractivity contribution >= 4 is 11.9 Å². The maximum absolute atomic E-state index is 12.0. The molecule has 1 aliphatic heterocycles. The zero-order chi connectivity index (χ0) is 13.8. The quantitative estimate of drug-likeness (QED) is 0.804. The maximum atomic E-state index is 12.0. The molecule has 5 heteroatoms. The minimum absolute atomic E-state index is 0.0461. The molecule has 2 rings (SSSR count). The highest BCUT2D eigenvalue weighted by atomic mass is 16.4. The molecule has 0 aromatic carbocycles. The molecule has 1 aliphatic carbocycles. The summed E-state index contributed by atoms with van der Waals surface area (Å²) in [6.07, 6.45) is 6.49. The Labute approximate surface area is 114 Å². The Kier molecular flexibility index (Phi) is 4.80. The third kappa shape index (κ3) is 3.69. The van der Waals surface area contributed by atoms with Gasteiger partial charge in [-0.1, -0.05) is 19.3 Å². The highest BCUT2D eigenvalue weighted by molar-refractivity contribution is 5.78. The molecule has 2 N–H and O–H groups in total. The summed E-state index contributed by atoms with van der Waals surface area (Å²) in [5.41, 5.74) is 0. The Hall–Kier alpha value is -1.10. The number of nitrogens with zero attached hydrogens (tertiary/aromatic N) is 1. The third-order valence-electron chi connectivity index (χ3n) is 4.52. The van der Waals surface area contributed by atoms with E-state index in [0.717, 1.165) is 12.8 Å². The van der Waals surface area contributed by atoms with Crippen molar-refractivity contribution in [1.29, 1.82) is 0 Å². The number of hydrogen-bond donors (Lipinski definition) is 2. The molecule has 0 aromatic heterocycles. The molecule has 1 amide bonds. The van der Waals surface area contributed by atoms with E-state index in [2.05, 4.69) is 5.32 Å². The second-order valence-corrected chi connectivity index (χ2v) is 5.85. The van der Waals surface area contributed by atoms with Crippen molar-refractivity contribution in [2.45, 2.75) is 57.5 Å². The van der Waals surface area contributed by atoms with Crippen LogP contribution in [0.5, 0.6) is 0 Å². The van der Waals surface area contributed by atoms with Crippen molar-refractivity contribution in [2.75, 3.05) is 13.1 Å². The molecular formula is C14H24N2O3. The molecule has 5 nitrogen and oxygen atoms in total. The molecule has 0 bridgehead atoms. The van der Waals surface area contributed by atoms with Gasteiger partial charge < -0.3 is 10.4 Å². The molecule has 2 unspecified atom stereocenters. The van der Waals surface area contributed by atoms with Crippen LogP contribution in [0.2, 0.25) is 0 Å². The number of hydrogen-bond acceptors (Lipinski definition) is 3. The van der Waals surface area contributed by atoms with Gasteiger partial charge in [0.15, 0.2) is 0 Å². The average Bonchev–Trinajstić information content (AvgIpc) is 2.72. The molecule has 1 saturated heterocycles. The first-order chi connectivity index (χ1) is 9.08. The summed E-state index contributed by atoms with van der Waals surface area (Å²) in [4.78, 5) is 25.0. The van der Waals surface area contributed by atoms with E-state index < -0.39 is 5.97 Å². The molecule has 2 aliphatic rings. The first-order valence-corrected chi connectivity index (χ1v) is 7.34. The first kappa shape index (κ1) is 14.3. The number of rotatable bonds is 4. The van der Waals surface area contributed by atoms with E-state index in [1.807, 2.05) is 11.8 Å². The molecule has 1 heterocycles. The Morgan fingerprint density at radius 3 is 2.47 bits per heavy atom. The summed E-state index contributed by atoms with van der Waals surface area (Å²) >= 11 is 0. The van der Waals surface area contributed by atoms with Crippen LogP contribution in [-0.2, 0) is 9.59 Å². The van der Waals surface area contributed by atoms with Crippen molar-refractivity contribution in [1.82, 2.24) is 10.2 Å². The average molecular weight is 268 g/mol. The monoisotopic (exact) mass is 268 g/mol. The summed E-state index contributed by atoms with van der Waals surface area (Å²) in [5.74, 6) is -1.03. The zero-order valence-electron chi connectivity index (χ0n) is 11.6. The highest BCUT2D eigenvalue weighted by Crippen LogP contribution is 2.24. The fourth-order valence-electron chi connectivity index (χ4n) is 3.26. The molecule has 1 saturated carbocycles. The van der Waals surface area contributed by atoms with Crippen molar-refractivity contribution in [3.05, 3.63) is 0 Å². The number of aliphatic carboxylic acids is 1. The lowest BCUT2D eigenvalue weighted by atomic mass is 9.95. The van der Waals surface area contributed by atoms with Crippen LogP contribution in [0.25, 0.3) is 0 Å². The minimum atomic E-state index is -0.748. The largest absolute Gasteiger partial charge is 0.481 e. The Morgan fingerprint density at radius 2 is 1.89 bits per heavy atom. The molecular weight excluding hydrogens is 244 g/mol. The van der Waals surface area contributed by atoms with E-state index in [1.54, 1.807) is 0 Å². The molecule has 0 spiro atoms. The molecule has 2 fully saturated rings. The second-order valence-electron chi connectivity index (χ2n) is 5.85. The van der Waals surface area contributed by atoms with Gasteiger partial charge in [0.1, 0.15) is 0 Å². The van der Waals surface area contributed by atoms with Gasteiger partial charge in [-0.15, -0.1) is 0 Å². The van der Waals surface area contributed by atoms with Gasteiger partial charge in [0.05, 0.1) is 12.5 Å². The van der Waals surface area contributed by atoms with E-state index in [-0.39, 0.29) is 17.9 Å². The number of nitrogens with one attached hydrogen (secondary N) is 1. The fourth-order valence-corrected chi connectivity index (χ4v) is 3.26. The van der Waals surface area contributed by atoms with Crippen LogP contribution in [-0.4, -0.2) is 47.1 Å². The second kappa shape index (κ2) is 6.37. The van der Waals surface area contributed by atoms with Crippen LogP contribution in [0.15, 0.2) is 0 Å². The van der Waals surface area contributed by atoms with E-state index in [0.29, 0.717) is 25.6 Å². The summed E-state index contributed by atoms with van der Waals surface area (Å²) < 4.78 is 0. The third-order valence-corrected chi connectivity index (χ3v) is 4.52. The molecule has 19 heavy (non-hydrogen) atoms. The normalized spacial score (nSPS) is 29.3. The van der Waals surface area contributed by atoms with Gasteiger partial charge in [0.25, 0.3) is 0 Å². The fraction of sp³-hybridized carbons (Fsp3) is 0.857. The van der Waals surface area contributed by atoms with E-state index in [4.69, 9.17) is 5.11 Å². The molecule has 0 aromatic rings. The van der Waals surface area contributed by atoms with Gasteiger partial charge >= 0.3 is 5.97 Å². The van der Waals surface area contributed by atoms with Gasteiger partial charge in [-0.2, -0.15) is 0 Å². The van der Waals surface area contributed by atoms with Crippen molar-refractivity contribution < 1.29 is 14.7 Å². The molecule has 2 atom stereocenters. The van der Waals surface area contributed by atoms with Gasteiger partial charge in [-0.25, -0.2) is 0 Å². The van der Waals surface area contributed by atoms with Crippen LogP contribution in [0.3, 0.4) is 0 Å². The van der Waals surface area contributed by atoms with Gasteiger partial charge in [0.2, 0.25) is 5.91 Å². The van der Waals surface area contributed by atoms with Crippen molar-refractivity contribution in [2.24, 2.45) is 5.92 Å². The predicted molar refractivity (Wildman–Crippen MR) is 71.8 cm³/mol. The van der Waals surface area contributed by atoms with Gasteiger partial charge in [0, 0.05) is 12.1 Å². The van der Waals surface area contributed by atoms with E-state index in [1.165, 1.54) is 19.3 Å². The van der Waals surface area contributed by atoms with Crippen LogP contribution < -0.4 is 5.32 Å². The smallest absolute Gasteiger partial charge is 0.308 e. The number of carboxylic acids is 1. The van der Waals surface area contributed by atoms with Gasteiger partial charge in [-0.3, -0.25) is 14.5 Å². The van der Waals surface area contributed by atoms with Crippen LogP contribution in [0.1, 0.15) is 45.4 Å². The summed E-state index contributed by atoms with van der Waals surface area (Å²) in [6.45, 7) is 2.94. The maximum Gasteiger partial charge on any atom is 0.308 e. The minimum Gasteiger partial charge on any atom is -0.481 e. The highest BCUT2D eigenvalue weighted by Gasteiger charge is 2.36.